The van der Waals surface area contributed by atoms with E-state index in [0.717, 1.165) is 11.3 Å². The third-order valence-corrected chi connectivity index (χ3v) is 2.98. The molecular formula is C16H18O2. The van der Waals surface area contributed by atoms with Gasteiger partial charge in [0.15, 0.2) is 0 Å². The van der Waals surface area contributed by atoms with Gasteiger partial charge in [-0.15, -0.1) is 0 Å². The van der Waals surface area contributed by atoms with Crippen molar-refractivity contribution in [1.82, 2.24) is 0 Å². The normalized spacial score (nSPS) is 10.4. The van der Waals surface area contributed by atoms with Crippen LogP contribution >= 0.6 is 0 Å². The Morgan fingerprint density at radius 2 is 1.89 bits per heavy atom. The van der Waals surface area contributed by atoms with Gasteiger partial charge >= 0.3 is 0 Å². The first-order valence-electron chi connectivity index (χ1n) is 6.08. The highest BCUT2D eigenvalue weighted by molar-refractivity contribution is 5.32. The van der Waals surface area contributed by atoms with Crippen molar-refractivity contribution < 1.29 is 9.84 Å². The number of ether oxygens (including phenoxy) is 1. The molecule has 0 fully saturated rings. The molecule has 0 spiro atoms. The zero-order chi connectivity index (χ0) is 13.0. The van der Waals surface area contributed by atoms with E-state index in [1.165, 1.54) is 16.7 Å². The van der Waals surface area contributed by atoms with Crippen molar-refractivity contribution in [1.29, 1.82) is 0 Å². The molecule has 0 saturated carbocycles. The molecule has 0 radical (unpaired) electrons. The van der Waals surface area contributed by atoms with Crippen molar-refractivity contribution in [3.63, 3.8) is 0 Å². The Balaban J connectivity index is 2.08. The fraction of sp³-hybridized carbons (Fsp3) is 0.250. The highest BCUT2D eigenvalue weighted by atomic mass is 16.5. The SMILES string of the molecule is Cc1ccc(C)c(COc2cccc(CO)c2)c1. The molecular weight excluding hydrogens is 224 g/mol. The van der Waals surface area contributed by atoms with Crippen LogP contribution in [0.5, 0.6) is 5.75 Å². The summed E-state index contributed by atoms with van der Waals surface area (Å²) in [6.45, 7) is 4.76. The Labute approximate surface area is 108 Å². The second-order valence-electron chi connectivity index (χ2n) is 4.52. The van der Waals surface area contributed by atoms with E-state index >= 15 is 0 Å². The molecule has 1 N–H and O–H groups in total. The average Bonchev–Trinajstić information content (AvgIpc) is 2.40. The molecule has 2 nitrogen and oxygen atoms in total. The van der Waals surface area contributed by atoms with Gasteiger partial charge in [-0.25, -0.2) is 0 Å². The first-order chi connectivity index (χ1) is 8.69. The molecule has 0 saturated heterocycles. The summed E-state index contributed by atoms with van der Waals surface area (Å²) in [4.78, 5) is 0. The molecule has 18 heavy (non-hydrogen) atoms. The van der Waals surface area contributed by atoms with Crippen LogP contribution in [0, 0.1) is 13.8 Å². The summed E-state index contributed by atoms with van der Waals surface area (Å²) in [7, 11) is 0. The first-order valence-corrected chi connectivity index (χ1v) is 6.08. The molecule has 94 valence electrons. The van der Waals surface area contributed by atoms with Gasteiger partial charge in [0.2, 0.25) is 0 Å². The third-order valence-electron chi connectivity index (χ3n) is 2.98. The van der Waals surface area contributed by atoms with Crippen LogP contribution in [0.4, 0.5) is 0 Å². The molecule has 2 rings (SSSR count). The Bertz CT molecular complexity index is 532. The van der Waals surface area contributed by atoms with Gasteiger partial charge in [0, 0.05) is 0 Å². The summed E-state index contributed by atoms with van der Waals surface area (Å²) in [5.41, 5.74) is 4.54. The monoisotopic (exact) mass is 242 g/mol. The van der Waals surface area contributed by atoms with Gasteiger partial charge in [-0.2, -0.15) is 0 Å². The lowest BCUT2D eigenvalue weighted by Crippen LogP contribution is -1.99. The predicted molar refractivity (Wildman–Crippen MR) is 72.6 cm³/mol. The Kier molecular flexibility index (Phi) is 4.00. The molecule has 0 bridgehead atoms. The molecule has 2 aromatic carbocycles. The van der Waals surface area contributed by atoms with Gasteiger partial charge in [0.1, 0.15) is 12.4 Å². The Morgan fingerprint density at radius 3 is 2.67 bits per heavy atom. The fourth-order valence-electron chi connectivity index (χ4n) is 1.85. The number of aryl methyl sites for hydroxylation is 2. The van der Waals surface area contributed by atoms with Gasteiger partial charge in [0.05, 0.1) is 6.61 Å². The van der Waals surface area contributed by atoms with Crippen LogP contribution in [0.1, 0.15) is 22.3 Å². The molecule has 0 aliphatic heterocycles. The van der Waals surface area contributed by atoms with E-state index in [2.05, 4.69) is 32.0 Å². The van der Waals surface area contributed by atoms with Crippen molar-refractivity contribution in [2.75, 3.05) is 0 Å². The van der Waals surface area contributed by atoms with Crippen LogP contribution in [0.25, 0.3) is 0 Å². The summed E-state index contributed by atoms with van der Waals surface area (Å²) >= 11 is 0. The summed E-state index contributed by atoms with van der Waals surface area (Å²) in [6, 6.07) is 13.9. The molecule has 0 atom stereocenters. The lowest BCUT2D eigenvalue weighted by molar-refractivity contribution is 0.278. The summed E-state index contributed by atoms with van der Waals surface area (Å²) in [5, 5.41) is 9.07. The molecule has 0 aliphatic rings. The topological polar surface area (TPSA) is 29.5 Å². The van der Waals surface area contributed by atoms with Crippen LogP contribution in [0.15, 0.2) is 42.5 Å². The summed E-state index contributed by atoms with van der Waals surface area (Å²) in [6.07, 6.45) is 0. The largest absolute Gasteiger partial charge is 0.489 e. The van der Waals surface area contributed by atoms with E-state index in [-0.39, 0.29) is 6.61 Å². The van der Waals surface area contributed by atoms with Crippen LogP contribution in [0.3, 0.4) is 0 Å². The standard InChI is InChI=1S/C16H18O2/c1-12-6-7-13(2)15(8-12)11-18-16-5-3-4-14(9-16)10-17/h3-9,17H,10-11H2,1-2H3. The fourth-order valence-corrected chi connectivity index (χ4v) is 1.85. The van der Waals surface area contributed by atoms with Gasteiger partial charge in [0.25, 0.3) is 0 Å². The van der Waals surface area contributed by atoms with Gasteiger partial charge in [-0.1, -0.05) is 35.9 Å². The zero-order valence-electron chi connectivity index (χ0n) is 10.8. The minimum atomic E-state index is 0.0423. The molecule has 0 amide bonds. The minimum absolute atomic E-state index is 0.0423. The lowest BCUT2D eigenvalue weighted by Gasteiger charge is -2.10. The smallest absolute Gasteiger partial charge is 0.120 e. The summed E-state index contributed by atoms with van der Waals surface area (Å²) in [5.74, 6) is 0.794. The van der Waals surface area contributed by atoms with Crippen LogP contribution < -0.4 is 4.74 Å². The van der Waals surface area contributed by atoms with Gasteiger partial charge < -0.3 is 9.84 Å². The van der Waals surface area contributed by atoms with E-state index in [0.29, 0.717) is 6.61 Å². The number of hydrogen-bond donors (Lipinski definition) is 1. The molecule has 0 aromatic heterocycles. The van der Waals surface area contributed by atoms with Crippen LogP contribution in [0.2, 0.25) is 0 Å². The summed E-state index contributed by atoms with van der Waals surface area (Å²) < 4.78 is 5.76. The maximum Gasteiger partial charge on any atom is 0.120 e. The van der Waals surface area contributed by atoms with Crippen molar-refractivity contribution in [2.24, 2.45) is 0 Å². The van der Waals surface area contributed by atoms with Crippen molar-refractivity contribution in [3.8, 4) is 5.75 Å². The zero-order valence-corrected chi connectivity index (χ0v) is 10.8. The van der Waals surface area contributed by atoms with E-state index in [9.17, 15) is 0 Å². The number of aliphatic hydroxyl groups is 1. The van der Waals surface area contributed by atoms with Crippen molar-refractivity contribution in [2.45, 2.75) is 27.1 Å². The van der Waals surface area contributed by atoms with Crippen LogP contribution in [-0.4, -0.2) is 5.11 Å². The van der Waals surface area contributed by atoms with E-state index in [1.807, 2.05) is 24.3 Å². The number of aliphatic hydroxyl groups excluding tert-OH is 1. The maximum atomic E-state index is 9.07. The molecule has 0 heterocycles. The van der Waals surface area contributed by atoms with Gasteiger partial charge in [-0.05, 0) is 42.7 Å². The van der Waals surface area contributed by atoms with Gasteiger partial charge in [-0.3, -0.25) is 0 Å². The maximum absolute atomic E-state index is 9.07. The van der Waals surface area contributed by atoms with E-state index < -0.39 is 0 Å². The number of hydrogen-bond acceptors (Lipinski definition) is 2. The second-order valence-corrected chi connectivity index (χ2v) is 4.52. The number of benzene rings is 2. The second kappa shape index (κ2) is 5.69. The van der Waals surface area contributed by atoms with Crippen LogP contribution in [-0.2, 0) is 13.2 Å². The molecule has 0 unspecified atom stereocenters. The minimum Gasteiger partial charge on any atom is -0.489 e. The lowest BCUT2D eigenvalue weighted by atomic mass is 10.1. The quantitative estimate of drug-likeness (QED) is 0.890. The highest BCUT2D eigenvalue weighted by Crippen LogP contribution is 2.17. The van der Waals surface area contributed by atoms with E-state index in [4.69, 9.17) is 9.84 Å². The van der Waals surface area contributed by atoms with E-state index in [1.54, 1.807) is 0 Å². The predicted octanol–water partition coefficient (Wildman–Crippen LogP) is 3.37. The highest BCUT2D eigenvalue weighted by Gasteiger charge is 2.01. The number of rotatable bonds is 4. The average molecular weight is 242 g/mol. The first kappa shape index (κ1) is 12.7. The Morgan fingerprint density at radius 1 is 1.06 bits per heavy atom. The third kappa shape index (κ3) is 3.11. The molecule has 2 aromatic rings. The van der Waals surface area contributed by atoms with Crippen molar-refractivity contribution >= 4 is 0 Å². The Hall–Kier alpha value is -1.80. The molecule has 2 heteroatoms. The van der Waals surface area contributed by atoms with Crippen molar-refractivity contribution in [3.05, 3.63) is 64.7 Å². The molecule has 0 aliphatic carbocycles.